The predicted molar refractivity (Wildman–Crippen MR) is 84.0 cm³/mol. The van der Waals surface area contributed by atoms with Gasteiger partial charge in [0.2, 0.25) is 0 Å². The molecule has 0 saturated heterocycles. The Bertz CT molecular complexity index is 820. The monoisotopic (exact) mass is 281 g/mol. The van der Waals surface area contributed by atoms with Gasteiger partial charge in [0.15, 0.2) is 5.82 Å². The van der Waals surface area contributed by atoms with Gasteiger partial charge in [-0.1, -0.05) is 24.3 Å². The highest BCUT2D eigenvalue weighted by molar-refractivity contribution is 7.19. The first-order valence-corrected chi connectivity index (χ1v) is 7.69. The average molecular weight is 281 g/mol. The lowest BCUT2D eigenvalue weighted by Gasteiger charge is -2.06. The third kappa shape index (κ3) is 1.64. The van der Waals surface area contributed by atoms with Crippen LogP contribution in [0.4, 0.5) is 5.82 Å². The van der Waals surface area contributed by atoms with E-state index in [4.69, 9.17) is 10.7 Å². The van der Waals surface area contributed by atoms with Gasteiger partial charge in [0.25, 0.3) is 0 Å². The van der Waals surface area contributed by atoms with Gasteiger partial charge in [0.05, 0.1) is 5.39 Å². The zero-order chi connectivity index (χ0) is 13.7. The summed E-state index contributed by atoms with van der Waals surface area (Å²) in [5, 5.41) is 1.10. The number of fused-ring (bicyclic) bond motifs is 3. The van der Waals surface area contributed by atoms with Crippen LogP contribution in [-0.4, -0.2) is 9.97 Å². The first-order chi connectivity index (χ1) is 9.74. The fraction of sp³-hybridized carbons (Fsp3) is 0.250. The van der Waals surface area contributed by atoms with Crippen LogP contribution in [0.5, 0.6) is 0 Å². The Morgan fingerprint density at radius 3 is 2.85 bits per heavy atom. The minimum atomic E-state index is 0.632. The summed E-state index contributed by atoms with van der Waals surface area (Å²) < 4.78 is 0. The summed E-state index contributed by atoms with van der Waals surface area (Å²) in [5.41, 5.74) is 9.85. The van der Waals surface area contributed by atoms with E-state index in [9.17, 15) is 0 Å². The molecule has 2 aromatic heterocycles. The van der Waals surface area contributed by atoms with Gasteiger partial charge < -0.3 is 5.73 Å². The summed E-state index contributed by atoms with van der Waals surface area (Å²) in [6, 6.07) is 8.17. The highest BCUT2D eigenvalue weighted by atomic mass is 32.1. The standard InChI is InChI=1S/C16H15N3S/c1-9-5-2-3-6-10(9)15-18-14(17)13-11-7-4-8-12(11)20-16(13)19-15/h2-3,5-6H,4,7-8H2,1H3,(H2,17,18,19). The van der Waals surface area contributed by atoms with E-state index in [0.29, 0.717) is 5.82 Å². The van der Waals surface area contributed by atoms with Crippen molar-refractivity contribution in [2.24, 2.45) is 0 Å². The molecule has 1 aliphatic rings. The number of benzene rings is 1. The first kappa shape index (κ1) is 11.9. The maximum absolute atomic E-state index is 6.22. The molecule has 0 unspecified atom stereocenters. The summed E-state index contributed by atoms with van der Waals surface area (Å²) in [6.45, 7) is 2.08. The molecule has 0 aliphatic heterocycles. The molecule has 2 N–H and O–H groups in total. The van der Waals surface area contributed by atoms with Gasteiger partial charge in [0, 0.05) is 10.4 Å². The van der Waals surface area contributed by atoms with Crippen LogP contribution >= 0.6 is 11.3 Å². The van der Waals surface area contributed by atoms with Gasteiger partial charge in [-0.3, -0.25) is 0 Å². The smallest absolute Gasteiger partial charge is 0.163 e. The molecule has 100 valence electrons. The number of nitrogen functional groups attached to an aromatic ring is 1. The van der Waals surface area contributed by atoms with E-state index >= 15 is 0 Å². The molecule has 4 heteroatoms. The summed E-state index contributed by atoms with van der Waals surface area (Å²) in [7, 11) is 0. The SMILES string of the molecule is Cc1ccccc1-c1nc(N)c2c3c(sc2n1)CCC3. The molecule has 0 atom stereocenters. The lowest BCUT2D eigenvalue weighted by molar-refractivity contribution is 0.917. The molecule has 3 aromatic rings. The second kappa shape index (κ2) is 4.28. The largest absolute Gasteiger partial charge is 0.383 e. The van der Waals surface area contributed by atoms with Crippen LogP contribution < -0.4 is 5.73 Å². The van der Waals surface area contributed by atoms with E-state index in [0.717, 1.165) is 34.4 Å². The Labute approximate surface area is 121 Å². The second-order valence-corrected chi connectivity index (χ2v) is 6.37. The molecular weight excluding hydrogens is 266 g/mol. The average Bonchev–Trinajstić information content (AvgIpc) is 2.98. The number of rotatable bonds is 1. The number of nitrogens with two attached hydrogens (primary N) is 1. The summed E-state index contributed by atoms with van der Waals surface area (Å²) in [5.74, 6) is 1.38. The fourth-order valence-corrected chi connectivity index (χ4v) is 4.24. The van der Waals surface area contributed by atoms with Crippen molar-refractivity contribution in [3.63, 3.8) is 0 Å². The van der Waals surface area contributed by atoms with E-state index in [2.05, 4.69) is 24.0 Å². The molecule has 20 heavy (non-hydrogen) atoms. The van der Waals surface area contributed by atoms with E-state index < -0.39 is 0 Å². The molecule has 0 spiro atoms. The third-order valence-corrected chi connectivity index (χ3v) is 5.16. The summed E-state index contributed by atoms with van der Waals surface area (Å²) in [4.78, 5) is 11.8. The molecule has 0 saturated carbocycles. The van der Waals surface area contributed by atoms with E-state index in [1.807, 2.05) is 12.1 Å². The third-order valence-electron chi connectivity index (χ3n) is 3.98. The van der Waals surface area contributed by atoms with Crippen molar-refractivity contribution in [1.29, 1.82) is 0 Å². The van der Waals surface area contributed by atoms with Crippen molar-refractivity contribution >= 4 is 27.4 Å². The van der Waals surface area contributed by atoms with Crippen molar-refractivity contribution < 1.29 is 0 Å². The molecule has 4 rings (SSSR count). The number of nitrogens with zero attached hydrogens (tertiary/aromatic N) is 2. The molecule has 2 heterocycles. The molecule has 0 amide bonds. The molecule has 1 aromatic carbocycles. The molecule has 0 fully saturated rings. The number of hydrogen-bond acceptors (Lipinski definition) is 4. The van der Waals surface area contributed by atoms with Gasteiger partial charge in [-0.15, -0.1) is 11.3 Å². The van der Waals surface area contributed by atoms with Crippen molar-refractivity contribution in [3.05, 3.63) is 40.3 Å². The normalized spacial score (nSPS) is 13.8. The van der Waals surface area contributed by atoms with Gasteiger partial charge in [-0.05, 0) is 37.3 Å². The molecule has 0 radical (unpaired) electrons. The number of aryl methyl sites for hydroxylation is 3. The molecule has 0 bridgehead atoms. The number of thiophene rings is 1. The van der Waals surface area contributed by atoms with E-state index in [1.54, 1.807) is 11.3 Å². The maximum Gasteiger partial charge on any atom is 0.163 e. The van der Waals surface area contributed by atoms with Crippen LogP contribution in [0.1, 0.15) is 22.4 Å². The van der Waals surface area contributed by atoms with Crippen molar-refractivity contribution in [1.82, 2.24) is 9.97 Å². The van der Waals surface area contributed by atoms with Crippen molar-refractivity contribution in [2.45, 2.75) is 26.2 Å². The quantitative estimate of drug-likeness (QED) is 0.739. The number of anilines is 1. The second-order valence-electron chi connectivity index (χ2n) is 5.28. The Morgan fingerprint density at radius 1 is 1.15 bits per heavy atom. The first-order valence-electron chi connectivity index (χ1n) is 6.88. The van der Waals surface area contributed by atoms with Gasteiger partial charge in [0.1, 0.15) is 10.6 Å². The maximum atomic E-state index is 6.22. The minimum Gasteiger partial charge on any atom is -0.383 e. The lowest BCUT2D eigenvalue weighted by Crippen LogP contribution is -1.98. The zero-order valence-electron chi connectivity index (χ0n) is 11.3. The predicted octanol–water partition coefficient (Wildman–Crippen LogP) is 3.74. The van der Waals surface area contributed by atoms with E-state index in [1.165, 1.54) is 22.4 Å². The van der Waals surface area contributed by atoms with E-state index in [-0.39, 0.29) is 0 Å². The minimum absolute atomic E-state index is 0.632. The molecule has 1 aliphatic carbocycles. The molecule has 3 nitrogen and oxygen atoms in total. The van der Waals surface area contributed by atoms with Crippen LogP contribution in [0.15, 0.2) is 24.3 Å². The lowest BCUT2D eigenvalue weighted by atomic mass is 10.1. The van der Waals surface area contributed by atoms with Gasteiger partial charge in [-0.25, -0.2) is 9.97 Å². The Balaban J connectivity index is 1.98. The summed E-state index contributed by atoms with van der Waals surface area (Å²) >= 11 is 1.78. The molecular formula is C16H15N3S. The van der Waals surface area contributed by atoms with Gasteiger partial charge in [-0.2, -0.15) is 0 Å². The van der Waals surface area contributed by atoms with Gasteiger partial charge >= 0.3 is 0 Å². The fourth-order valence-electron chi connectivity index (χ4n) is 2.97. The highest BCUT2D eigenvalue weighted by Crippen LogP contribution is 2.39. The Morgan fingerprint density at radius 2 is 2.00 bits per heavy atom. The Kier molecular flexibility index (Phi) is 2.54. The van der Waals surface area contributed by atoms with Crippen LogP contribution in [-0.2, 0) is 12.8 Å². The van der Waals surface area contributed by atoms with Crippen LogP contribution in [0.2, 0.25) is 0 Å². The Hall–Kier alpha value is -1.94. The number of hydrogen-bond donors (Lipinski definition) is 1. The van der Waals surface area contributed by atoms with Crippen molar-refractivity contribution in [2.75, 3.05) is 5.73 Å². The van der Waals surface area contributed by atoms with Crippen LogP contribution in [0, 0.1) is 6.92 Å². The van der Waals surface area contributed by atoms with Crippen LogP contribution in [0.25, 0.3) is 21.6 Å². The number of aromatic nitrogens is 2. The topological polar surface area (TPSA) is 51.8 Å². The summed E-state index contributed by atoms with van der Waals surface area (Å²) in [6.07, 6.45) is 3.51. The zero-order valence-corrected chi connectivity index (χ0v) is 12.1. The highest BCUT2D eigenvalue weighted by Gasteiger charge is 2.21. The van der Waals surface area contributed by atoms with Crippen LogP contribution in [0.3, 0.4) is 0 Å². The van der Waals surface area contributed by atoms with Crippen molar-refractivity contribution in [3.8, 4) is 11.4 Å².